The number of nitrogens with two attached hydrogens (primary N) is 1. The Morgan fingerprint density at radius 2 is 1.68 bits per heavy atom. The van der Waals surface area contributed by atoms with Crippen molar-refractivity contribution in [2.45, 2.75) is 13.0 Å². The molecule has 0 radical (unpaired) electrons. The predicted molar refractivity (Wildman–Crippen MR) is 137 cm³/mol. The molecular weight excluding hydrogens is 450 g/mol. The number of allylic oxidation sites excluding steroid dienone is 1. The van der Waals surface area contributed by atoms with Crippen molar-refractivity contribution >= 4 is 46.8 Å². The number of ether oxygens (including phenoxy) is 1. The first-order valence-electron chi connectivity index (χ1n) is 10.4. The number of nitrogens with one attached hydrogen (secondary N) is 3. The number of hydrogen-bond donors (Lipinski definition) is 4. The van der Waals surface area contributed by atoms with E-state index in [0.29, 0.717) is 21.8 Å². The van der Waals surface area contributed by atoms with Crippen LogP contribution in [0.1, 0.15) is 23.1 Å². The Balaban J connectivity index is 1.81. The van der Waals surface area contributed by atoms with Gasteiger partial charge in [0.1, 0.15) is 6.42 Å². The minimum Gasteiger partial charge on any atom is -0.425 e. The average molecular weight is 474 g/mol. The van der Waals surface area contributed by atoms with Crippen molar-refractivity contribution in [1.82, 2.24) is 0 Å². The Hall–Kier alpha value is -4.23. The van der Waals surface area contributed by atoms with E-state index in [1.165, 1.54) is 11.1 Å². The number of hydrogen-bond acceptors (Lipinski definition) is 6. The van der Waals surface area contributed by atoms with Crippen molar-refractivity contribution in [3.05, 3.63) is 107 Å². The molecule has 0 atom stereocenters. The third-order valence-corrected chi connectivity index (χ3v) is 5.19. The van der Waals surface area contributed by atoms with Gasteiger partial charge < -0.3 is 20.8 Å². The fourth-order valence-corrected chi connectivity index (χ4v) is 3.46. The van der Waals surface area contributed by atoms with Crippen molar-refractivity contribution in [2.75, 3.05) is 4.90 Å². The summed E-state index contributed by atoms with van der Waals surface area (Å²) in [4.78, 5) is 14.8. The topological polar surface area (TPSA) is 127 Å². The van der Waals surface area contributed by atoms with Gasteiger partial charge in [-0.05, 0) is 47.5 Å². The lowest BCUT2D eigenvalue weighted by atomic mass is 10.1. The van der Waals surface area contributed by atoms with Gasteiger partial charge in [-0.3, -0.25) is 15.6 Å². The number of benzene rings is 3. The maximum Gasteiger partial charge on any atom is 0.236 e. The molecule has 0 saturated carbocycles. The number of rotatable bonds is 8. The molecule has 8 heteroatoms. The molecule has 5 N–H and O–H groups in total. The molecule has 7 nitrogen and oxygen atoms in total. The Bertz CT molecular complexity index is 1220. The molecule has 0 spiro atoms. The van der Waals surface area contributed by atoms with Crippen molar-refractivity contribution in [3.8, 4) is 0 Å². The normalized spacial score (nSPS) is 10.9. The highest BCUT2D eigenvalue weighted by Gasteiger charge is 2.20. The first-order valence-corrected chi connectivity index (χ1v) is 10.8. The van der Waals surface area contributed by atoms with Gasteiger partial charge in [-0.1, -0.05) is 54.1 Å². The van der Waals surface area contributed by atoms with Gasteiger partial charge in [0.2, 0.25) is 11.8 Å². The monoisotopic (exact) mass is 473 g/mol. The highest BCUT2D eigenvalue weighted by molar-refractivity contribution is 6.30. The van der Waals surface area contributed by atoms with Gasteiger partial charge in [-0.2, -0.15) is 0 Å². The highest BCUT2D eigenvalue weighted by Crippen LogP contribution is 2.23. The van der Waals surface area contributed by atoms with E-state index in [2.05, 4.69) is 0 Å². The second-order valence-corrected chi connectivity index (χ2v) is 7.76. The number of nitrogens with zero attached hydrogens (tertiary/aromatic N) is 1. The molecule has 34 heavy (non-hydrogen) atoms. The van der Waals surface area contributed by atoms with Crippen molar-refractivity contribution in [1.29, 1.82) is 16.2 Å². The zero-order chi connectivity index (χ0) is 24.5. The van der Waals surface area contributed by atoms with E-state index in [-0.39, 0.29) is 30.7 Å². The quantitative estimate of drug-likeness (QED) is 0.264. The van der Waals surface area contributed by atoms with Crippen LogP contribution in [0.4, 0.5) is 5.69 Å². The maximum absolute atomic E-state index is 13.2. The van der Waals surface area contributed by atoms with Crippen molar-refractivity contribution in [2.24, 2.45) is 5.73 Å². The van der Waals surface area contributed by atoms with Gasteiger partial charge in [0, 0.05) is 34.3 Å². The van der Waals surface area contributed by atoms with Gasteiger partial charge in [-0.25, -0.2) is 0 Å². The first kappa shape index (κ1) is 24.4. The largest absolute Gasteiger partial charge is 0.425 e. The van der Waals surface area contributed by atoms with Gasteiger partial charge in [0.25, 0.3) is 0 Å². The van der Waals surface area contributed by atoms with Gasteiger partial charge >= 0.3 is 0 Å². The summed E-state index contributed by atoms with van der Waals surface area (Å²) in [6, 6.07) is 23.0. The van der Waals surface area contributed by atoms with Crippen molar-refractivity contribution in [3.63, 3.8) is 0 Å². The van der Waals surface area contributed by atoms with Crippen LogP contribution in [0.2, 0.25) is 5.02 Å². The molecule has 0 aliphatic heterocycles. The summed E-state index contributed by atoms with van der Waals surface area (Å²) in [5.74, 6) is -0.902. The standard InChI is InChI=1S/C26H24ClN5O2/c27-22-8-4-5-18(13-22)17-32(23-11-9-19(10-12-23)21(15-28)16-29)25(33)14-24(30)34-26(31)20-6-2-1-3-7-20/h1-13,15-16,28,30-31H,14,17,29H2. The summed E-state index contributed by atoms with van der Waals surface area (Å²) in [6.07, 6.45) is 2.17. The zero-order valence-corrected chi connectivity index (χ0v) is 19.0. The van der Waals surface area contributed by atoms with Crippen LogP contribution in [0.3, 0.4) is 0 Å². The van der Waals surface area contributed by atoms with Crippen LogP contribution in [0.15, 0.2) is 85.1 Å². The fourth-order valence-electron chi connectivity index (χ4n) is 3.24. The number of carbonyl (C=O) groups excluding carboxylic acids is 1. The van der Waals surface area contributed by atoms with Crippen LogP contribution in [-0.2, 0) is 16.1 Å². The molecule has 3 aromatic rings. The van der Waals surface area contributed by atoms with Crippen LogP contribution in [0.5, 0.6) is 0 Å². The molecule has 0 aliphatic rings. The van der Waals surface area contributed by atoms with Gasteiger partial charge in [0.05, 0.1) is 6.54 Å². The summed E-state index contributed by atoms with van der Waals surface area (Å²) in [7, 11) is 0. The van der Waals surface area contributed by atoms with Crippen LogP contribution < -0.4 is 10.6 Å². The molecule has 0 unspecified atom stereocenters. The van der Waals surface area contributed by atoms with Crippen LogP contribution in [-0.4, -0.2) is 23.9 Å². The first-order chi connectivity index (χ1) is 16.4. The lowest BCUT2D eigenvalue weighted by molar-refractivity contribution is -0.117. The minimum absolute atomic E-state index is 0.197. The maximum atomic E-state index is 13.2. The molecule has 172 valence electrons. The second-order valence-electron chi connectivity index (χ2n) is 7.32. The molecular formula is C26H24ClN5O2. The minimum atomic E-state index is -0.375. The van der Waals surface area contributed by atoms with Crippen molar-refractivity contribution < 1.29 is 9.53 Å². The Labute approximate surface area is 203 Å². The number of amides is 1. The molecule has 0 aliphatic carbocycles. The Morgan fingerprint density at radius 1 is 0.971 bits per heavy atom. The average Bonchev–Trinajstić information content (AvgIpc) is 2.84. The molecule has 0 bridgehead atoms. The summed E-state index contributed by atoms with van der Waals surface area (Å²) >= 11 is 6.12. The second kappa shape index (κ2) is 11.6. The molecule has 1 amide bonds. The lowest BCUT2D eigenvalue weighted by Gasteiger charge is -2.24. The predicted octanol–water partition coefficient (Wildman–Crippen LogP) is 5.23. The summed E-state index contributed by atoms with van der Waals surface area (Å²) in [5.41, 5.74) is 8.79. The number of carbonyl (C=O) groups is 1. The van der Waals surface area contributed by atoms with Gasteiger partial charge in [-0.15, -0.1) is 0 Å². The Kier molecular flexibility index (Phi) is 8.32. The molecule has 3 aromatic carbocycles. The molecule has 3 rings (SSSR count). The van der Waals surface area contributed by atoms with E-state index >= 15 is 0 Å². The Morgan fingerprint density at radius 3 is 2.29 bits per heavy atom. The molecule has 0 heterocycles. The van der Waals surface area contributed by atoms with E-state index in [4.69, 9.17) is 38.3 Å². The third kappa shape index (κ3) is 6.40. The van der Waals surface area contributed by atoms with E-state index in [1.807, 2.05) is 12.1 Å². The van der Waals surface area contributed by atoms with E-state index < -0.39 is 0 Å². The van der Waals surface area contributed by atoms with Crippen LogP contribution in [0.25, 0.3) is 5.57 Å². The molecule has 0 saturated heterocycles. The molecule has 0 aromatic heterocycles. The van der Waals surface area contributed by atoms with E-state index in [9.17, 15) is 4.79 Å². The summed E-state index contributed by atoms with van der Waals surface area (Å²) in [5, 5.41) is 24.2. The third-order valence-electron chi connectivity index (χ3n) is 4.95. The number of halogens is 1. The summed E-state index contributed by atoms with van der Waals surface area (Å²) < 4.78 is 5.29. The molecule has 0 fully saturated rings. The lowest BCUT2D eigenvalue weighted by Crippen LogP contribution is -2.32. The highest BCUT2D eigenvalue weighted by atomic mass is 35.5. The van der Waals surface area contributed by atoms with Gasteiger partial charge in [0.15, 0.2) is 5.90 Å². The summed E-state index contributed by atoms with van der Waals surface area (Å²) in [6.45, 7) is 0.228. The van der Waals surface area contributed by atoms with Crippen LogP contribution in [0, 0.1) is 16.2 Å². The fraction of sp³-hybridized carbons (Fsp3) is 0.0769. The zero-order valence-electron chi connectivity index (χ0n) is 18.3. The number of anilines is 1. The van der Waals surface area contributed by atoms with Crippen LogP contribution >= 0.6 is 11.6 Å². The SMILES string of the molecule is N=CC(=CN)c1ccc(N(Cc2cccc(Cl)c2)C(=O)CC(=N)OC(=N)c2ccccc2)cc1. The van der Waals surface area contributed by atoms with E-state index in [1.54, 1.807) is 66.7 Å². The smallest absolute Gasteiger partial charge is 0.236 e. The van der Waals surface area contributed by atoms with E-state index in [0.717, 1.165) is 17.3 Å².